The van der Waals surface area contributed by atoms with Crippen LogP contribution in [0.4, 0.5) is 29.3 Å². The van der Waals surface area contributed by atoms with Gasteiger partial charge < -0.3 is 4.74 Å². The molecule has 3 aromatic rings. The number of halogens is 4. The lowest BCUT2D eigenvalue weighted by Gasteiger charge is -2.27. The molecule has 1 N–H and O–H groups in total. The molecule has 3 aromatic carbocycles. The van der Waals surface area contributed by atoms with Crippen LogP contribution in [0.1, 0.15) is 11.1 Å². The predicted molar refractivity (Wildman–Crippen MR) is 125 cm³/mol. The number of urea groups is 1. The topological polar surface area (TPSA) is 119 Å². The number of rotatable bonds is 5. The minimum atomic E-state index is -4.81. The summed E-state index contributed by atoms with van der Waals surface area (Å²) in [5, 5.41) is 13.5. The lowest BCUT2D eigenvalue weighted by atomic mass is 10.1. The molecule has 0 unspecified atom stereocenters. The fraction of sp³-hybridized carbons (Fsp3) is 0.0417. The number of amides is 4. The Labute approximate surface area is 210 Å². The van der Waals surface area contributed by atoms with Gasteiger partial charge >= 0.3 is 17.9 Å². The van der Waals surface area contributed by atoms with Gasteiger partial charge in [0, 0.05) is 11.6 Å². The Kier molecular flexibility index (Phi) is 6.68. The van der Waals surface area contributed by atoms with Crippen molar-refractivity contribution in [1.29, 1.82) is 0 Å². The number of anilines is 1. The van der Waals surface area contributed by atoms with E-state index in [1.54, 1.807) is 6.07 Å². The number of nitro groups is 1. The van der Waals surface area contributed by atoms with Crippen LogP contribution in [0.5, 0.6) is 11.5 Å². The van der Waals surface area contributed by atoms with Crippen molar-refractivity contribution in [3.05, 3.63) is 98.6 Å². The van der Waals surface area contributed by atoms with Crippen LogP contribution in [0.15, 0.2) is 72.3 Å². The highest BCUT2D eigenvalue weighted by Gasteiger charge is 2.38. The molecule has 188 valence electrons. The molecule has 1 aliphatic heterocycles. The highest BCUT2D eigenvalue weighted by Crippen LogP contribution is 2.39. The molecule has 0 saturated carbocycles. The van der Waals surface area contributed by atoms with Gasteiger partial charge in [0.25, 0.3) is 11.8 Å². The summed E-state index contributed by atoms with van der Waals surface area (Å²) in [7, 11) is 0. The van der Waals surface area contributed by atoms with E-state index in [0.29, 0.717) is 17.0 Å². The standard InChI is InChI=1S/C24H13ClF3N3O6/c25-16-6-2-3-7-17(16)30-22(33)15(21(32)29-23(30)34)11-13-5-1-4-8-19(13)37-20-10-9-14(24(26,27)28)12-18(20)31(35)36/h1-12H,(H,29,32,34)/b15-11+. The minimum Gasteiger partial charge on any atom is -0.449 e. The molecule has 0 radical (unpaired) electrons. The molecule has 1 aliphatic rings. The maximum absolute atomic E-state index is 13.1. The number of nitrogens with one attached hydrogen (secondary N) is 1. The van der Waals surface area contributed by atoms with Gasteiger partial charge in [0.2, 0.25) is 5.75 Å². The average molecular weight is 532 g/mol. The number of imide groups is 2. The monoisotopic (exact) mass is 531 g/mol. The molecule has 1 heterocycles. The van der Waals surface area contributed by atoms with E-state index in [4.69, 9.17) is 16.3 Å². The third kappa shape index (κ3) is 5.14. The number of benzene rings is 3. The van der Waals surface area contributed by atoms with Crippen molar-refractivity contribution in [2.45, 2.75) is 6.18 Å². The van der Waals surface area contributed by atoms with Crippen molar-refractivity contribution in [3.8, 4) is 11.5 Å². The summed E-state index contributed by atoms with van der Waals surface area (Å²) < 4.78 is 44.6. The summed E-state index contributed by atoms with van der Waals surface area (Å²) in [5.74, 6) is -2.64. The Morgan fingerprint density at radius 2 is 1.65 bits per heavy atom. The SMILES string of the molecule is O=C1NC(=O)N(c2ccccc2Cl)C(=O)/C1=C/c1ccccc1Oc1ccc(C(F)(F)F)cc1[N+](=O)[O-]. The van der Waals surface area contributed by atoms with E-state index in [0.717, 1.165) is 12.1 Å². The molecule has 0 aromatic heterocycles. The first-order valence-electron chi connectivity index (χ1n) is 10.3. The van der Waals surface area contributed by atoms with Gasteiger partial charge in [0.05, 0.1) is 21.2 Å². The number of alkyl halides is 3. The second-order valence-electron chi connectivity index (χ2n) is 7.49. The zero-order valence-corrected chi connectivity index (χ0v) is 19.0. The molecule has 9 nitrogen and oxygen atoms in total. The fourth-order valence-corrected chi connectivity index (χ4v) is 3.62. The van der Waals surface area contributed by atoms with E-state index >= 15 is 0 Å². The van der Waals surface area contributed by atoms with Crippen molar-refractivity contribution in [2.24, 2.45) is 0 Å². The van der Waals surface area contributed by atoms with E-state index in [9.17, 15) is 37.7 Å². The Balaban J connectivity index is 1.74. The van der Waals surface area contributed by atoms with Gasteiger partial charge in [-0.1, -0.05) is 41.9 Å². The molecule has 1 fully saturated rings. The summed E-state index contributed by atoms with van der Waals surface area (Å²) in [6.07, 6.45) is -3.73. The Hall–Kier alpha value is -4.71. The normalized spacial score (nSPS) is 15.1. The number of carbonyl (C=O) groups is 3. The number of ether oxygens (including phenoxy) is 1. The number of nitro benzene ring substituents is 1. The Bertz CT molecular complexity index is 1490. The second-order valence-corrected chi connectivity index (χ2v) is 7.89. The first-order chi connectivity index (χ1) is 17.5. The molecule has 13 heteroatoms. The van der Waals surface area contributed by atoms with Gasteiger partial charge in [-0.3, -0.25) is 25.0 Å². The molecule has 4 amide bonds. The maximum atomic E-state index is 13.1. The second kappa shape index (κ2) is 9.74. The zero-order valence-electron chi connectivity index (χ0n) is 18.3. The largest absolute Gasteiger partial charge is 0.449 e. The van der Waals surface area contributed by atoms with Crippen molar-refractivity contribution in [3.63, 3.8) is 0 Å². The van der Waals surface area contributed by atoms with Gasteiger partial charge in [0.1, 0.15) is 11.3 Å². The van der Waals surface area contributed by atoms with E-state index in [2.05, 4.69) is 0 Å². The van der Waals surface area contributed by atoms with Crippen molar-refractivity contribution in [1.82, 2.24) is 5.32 Å². The van der Waals surface area contributed by atoms with Gasteiger partial charge in [0.15, 0.2) is 0 Å². The van der Waals surface area contributed by atoms with Crippen LogP contribution in [0, 0.1) is 10.1 Å². The number of hydrogen-bond donors (Lipinski definition) is 1. The van der Waals surface area contributed by atoms with Crippen molar-refractivity contribution >= 4 is 46.9 Å². The lowest BCUT2D eigenvalue weighted by molar-refractivity contribution is -0.385. The van der Waals surface area contributed by atoms with Crippen LogP contribution >= 0.6 is 11.6 Å². The highest BCUT2D eigenvalue weighted by molar-refractivity contribution is 6.42. The Morgan fingerprint density at radius 1 is 0.973 bits per heavy atom. The Morgan fingerprint density at radius 3 is 2.32 bits per heavy atom. The third-order valence-corrected chi connectivity index (χ3v) is 5.44. The number of carbonyl (C=O) groups excluding carboxylic acids is 3. The number of nitrogens with zero attached hydrogens (tertiary/aromatic N) is 2. The molecule has 0 bridgehead atoms. The summed E-state index contributed by atoms with van der Waals surface area (Å²) in [5.41, 5.74) is -2.58. The summed E-state index contributed by atoms with van der Waals surface area (Å²) in [6.45, 7) is 0. The van der Waals surface area contributed by atoms with Crippen molar-refractivity contribution in [2.75, 3.05) is 4.90 Å². The van der Waals surface area contributed by atoms with Crippen LogP contribution in [0.3, 0.4) is 0 Å². The van der Waals surface area contributed by atoms with Crippen molar-refractivity contribution < 1.29 is 37.2 Å². The summed E-state index contributed by atoms with van der Waals surface area (Å²) >= 11 is 6.10. The predicted octanol–water partition coefficient (Wildman–Crippen LogP) is 5.73. The smallest absolute Gasteiger partial charge is 0.416 e. The van der Waals surface area contributed by atoms with E-state index in [1.807, 2.05) is 5.32 Å². The van der Waals surface area contributed by atoms with E-state index in [1.165, 1.54) is 42.5 Å². The van der Waals surface area contributed by atoms with Crippen LogP contribution in [0.2, 0.25) is 5.02 Å². The maximum Gasteiger partial charge on any atom is 0.416 e. The zero-order chi connectivity index (χ0) is 26.9. The van der Waals surface area contributed by atoms with E-state index in [-0.39, 0.29) is 22.0 Å². The molecule has 37 heavy (non-hydrogen) atoms. The molecule has 0 spiro atoms. The highest BCUT2D eigenvalue weighted by atomic mass is 35.5. The van der Waals surface area contributed by atoms with Gasteiger partial charge in [-0.05, 0) is 36.4 Å². The molecule has 1 saturated heterocycles. The molecular formula is C24H13ClF3N3O6. The lowest BCUT2D eigenvalue weighted by Crippen LogP contribution is -2.54. The van der Waals surface area contributed by atoms with Gasteiger partial charge in [-0.15, -0.1) is 0 Å². The summed E-state index contributed by atoms with van der Waals surface area (Å²) in [4.78, 5) is 49.1. The van der Waals surface area contributed by atoms with Crippen LogP contribution in [-0.2, 0) is 15.8 Å². The molecule has 0 aliphatic carbocycles. The number of barbiturate groups is 1. The third-order valence-electron chi connectivity index (χ3n) is 5.12. The quantitative estimate of drug-likeness (QED) is 0.194. The molecular weight excluding hydrogens is 519 g/mol. The first-order valence-corrected chi connectivity index (χ1v) is 10.6. The molecule has 4 rings (SSSR count). The van der Waals surface area contributed by atoms with Crippen LogP contribution < -0.4 is 15.0 Å². The number of para-hydroxylation sites is 2. The van der Waals surface area contributed by atoms with Gasteiger partial charge in [-0.25, -0.2) is 9.69 Å². The average Bonchev–Trinajstić information content (AvgIpc) is 2.83. The minimum absolute atomic E-state index is 0.0231. The first kappa shape index (κ1) is 25.4. The van der Waals surface area contributed by atoms with Crippen LogP contribution in [0.25, 0.3) is 6.08 Å². The fourth-order valence-electron chi connectivity index (χ4n) is 3.40. The van der Waals surface area contributed by atoms with E-state index < -0.39 is 51.5 Å². The molecule has 0 atom stereocenters. The number of hydrogen-bond acceptors (Lipinski definition) is 6. The van der Waals surface area contributed by atoms with Crippen LogP contribution in [-0.4, -0.2) is 22.8 Å². The van der Waals surface area contributed by atoms with Gasteiger partial charge in [-0.2, -0.15) is 13.2 Å². The summed E-state index contributed by atoms with van der Waals surface area (Å²) in [6, 6.07) is 12.4.